The summed E-state index contributed by atoms with van der Waals surface area (Å²) in [6, 6.07) is 6.66. The lowest BCUT2D eigenvalue weighted by Gasteiger charge is -2.31. The number of aromatic nitrogens is 1. The van der Waals surface area contributed by atoms with Crippen molar-refractivity contribution in [3.8, 4) is 6.07 Å². The molecule has 0 aromatic carbocycles. The van der Waals surface area contributed by atoms with Crippen molar-refractivity contribution in [2.45, 2.75) is 44.6 Å². The minimum Gasteiger partial charge on any atom is -0.383 e. The second-order valence-corrected chi connectivity index (χ2v) is 5.56. The quantitative estimate of drug-likeness (QED) is 0.809. The van der Waals surface area contributed by atoms with Crippen molar-refractivity contribution in [3.05, 3.63) is 24.0 Å². The molecule has 108 valence electrons. The van der Waals surface area contributed by atoms with E-state index in [1.165, 1.54) is 32.1 Å². The number of nitrogens with one attached hydrogen (secondary N) is 1. The van der Waals surface area contributed by atoms with Crippen LogP contribution in [0, 0.1) is 11.3 Å². The van der Waals surface area contributed by atoms with Gasteiger partial charge in [-0.3, -0.25) is 0 Å². The van der Waals surface area contributed by atoms with E-state index in [-0.39, 0.29) is 0 Å². The van der Waals surface area contributed by atoms with E-state index in [2.05, 4.69) is 28.3 Å². The van der Waals surface area contributed by atoms with Crippen LogP contribution in [0.25, 0.3) is 0 Å². The zero-order chi connectivity index (χ0) is 14.2. The fraction of sp³-hybridized carbons (Fsp3) is 0.625. The molecular formula is C16H24N4. The zero-order valence-electron chi connectivity index (χ0n) is 12.3. The first-order chi connectivity index (χ1) is 9.81. The fourth-order valence-electron chi connectivity index (χ4n) is 2.89. The third-order valence-corrected chi connectivity index (χ3v) is 4.11. The Kier molecular flexibility index (Phi) is 5.82. The number of anilines is 1. The standard InChI is InChI=1S/C16H24N4/c1-20(14-7-3-2-4-8-14)12-6-11-18-15-9-5-10-19-16(15)13-17/h5,9-10,14,18H,2-4,6-8,11-12H2,1H3. The lowest BCUT2D eigenvalue weighted by Crippen LogP contribution is -2.34. The van der Waals surface area contributed by atoms with E-state index >= 15 is 0 Å². The Balaban J connectivity index is 1.69. The maximum absolute atomic E-state index is 8.97. The van der Waals surface area contributed by atoms with Crippen LogP contribution in [0.3, 0.4) is 0 Å². The van der Waals surface area contributed by atoms with E-state index in [9.17, 15) is 0 Å². The lowest BCUT2D eigenvalue weighted by molar-refractivity contribution is 0.191. The molecule has 20 heavy (non-hydrogen) atoms. The van der Waals surface area contributed by atoms with Gasteiger partial charge in [0.05, 0.1) is 5.69 Å². The van der Waals surface area contributed by atoms with Crippen LogP contribution in [0.5, 0.6) is 0 Å². The average Bonchev–Trinajstić information content (AvgIpc) is 2.52. The van der Waals surface area contributed by atoms with Crippen molar-refractivity contribution in [2.75, 3.05) is 25.5 Å². The molecule has 1 aliphatic rings. The summed E-state index contributed by atoms with van der Waals surface area (Å²) in [6.45, 7) is 2.00. The van der Waals surface area contributed by atoms with Crippen molar-refractivity contribution in [3.63, 3.8) is 0 Å². The molecule has 0 spiro atoms. The number of nitriles is 1. The van der Waals surface area contributed by atoms with E-state index in [0.29, 0.717) is 5.69 Å². The molecular weight excluding hydrogens is 248 g/mol. The number of hydrogen-bond donors (Lipinski definition) is 1. The molecule has 1 aromatic heterocycles. The number of hydrogen-bond acceptors (Lipinski definition) is 4. The lowest BCUT2D eigenvalue weighted by atomic mass is 9.94. The molecule has 0 atom stereocenters. The highest BCUT2D eigenvalue weighted by atomic mass is 15.1. The minimum absolute atomic E-state index is 0.480. The van der Waals surface area contributed by atoms with Crippen molar-refractivity contribution in [2.24, 2.45) is 0 Å². The molecule has 4 nitrogen and oxygen atoms in total. The van der Waals surface area contributed by atoms with Gasteiger partial charge < -0.3 is 10.2 Å². The summed E-state index contributed by atoms with van der Waals surface area (Å²) in [5.41, 5.74) is 1.32. The largest absolute Gasteiger partial charge is 0.383 e. The number of pyridine rings is 1. The van der Waals surface area contributed by atoms with Crippen LogP contribution < -0.4 is 5.32 Å². The van der Waals surface area contributed by atoms with Crippen LogP contribution in [-0.2, 0) is 0 Å². The first-order valence-corrected chi connectivity index (χ1v) is 7.60. The molecule has 0 aliphatic heterocycles. The predicted molar refractivity (Wildman–Crippen MR) is 81.6 cm³/mol. The Morgan fingerprint density at radius 2 is 2.20 bits per heavy atom. The highest BCUT2D eigenvalue weighted by Crippen LogP contribution is 2.21. The van der Waals surface area contributed by atoms with E-state index in [1.54, 1.807) is 6.20 Å². The molecule has 1 N–H and O–H groups in total. The van der Waals surface area contributed by atoms with E-state index in [1.807, 2.05) is 12.1 Å². The summed E-state index contributed by atoms with van der Waals surface area (Å²) in [6.07, 6.45) is 9.62. The maximum Gasteiger partial charge on any atom is 0.163 e. The average molecular weight is 272 g/mol. The fourth-order valence-corrected chi connectivity index (χ4v) is 2.89. The smallest absolute Gasteiger partial charge is 0.163 e. The number of rotatable bonds is 6. The summed E-state index contributed by atoms with van der Waals surface area (Å²) >= 11 is 0. The van der Waals surface area contributed by atoms with Gasteiger partial charge in [0, 0.05) is 18.8 Å². The third kappa shape index (κ3) is 4.21. The second-order valence-electron chi connectivity index (χ2n) is 5.56. The maximum atomic E-state index is 8.97. The highest BCUT2D eigenvalue weighted by molar-refractivity contribution is 5.53. The summed E-state index contributed by atoms with van der Waals surface area (Å²) in [4.78, 5) is 6.55. The molecule has 1 fully saturated rings. The van der Waals surface area contributed by atoms with E-state index < -0.39 is 0 Å². The van der Waals surface area contributed by atoms with Gasteiger partial charge in [0.25, 0.3) is 0 Å². The Labute approximate surface area is 121 Å². The summed E-state index contributed by atoms with van der Waals surface area (Å²) in [7, 11) is 2.24. The third-order valence-electron chi connectivity index (χ3n) is 4.11. The van der Waals surface area contributed by atoms with Gasteiger partial charge in [0.15, 0.2) is 5.69 Å². The zero-order valence-corrected chi connectivity index (χ0v) is 12.3. The van der Waals surface area contributed by atoms with Crippen LogP contribution in [0.15, 0.2) is 18.3 Å². The molecule has 2 rings (SSSR count). The van der Waals surface area contributed by atoms with Crippen molar-refractivity contribution < 1.29 is 0 Å². The van der Waals surface area contributed by atoms with Crippen LogP contribution in [0.1, 0.15) is 44.2 Å². The SMILES string of the molecule is CN(CCCNc1cccnc1C#N)C1CCCCC1. The molecule has 1 aliphatic carbocycles. The molecule has 0 radical (unpaired) electrons. The topological polar surface area (TPSA) is 52.0 Å². The Hall–Kier alpha value is -1.60. The summed E-state index contributed by atoms with van der Waals surface area (Å²) in [5, 5.41) is 12.3. The van der Waals surface area contributed by atoms with Crippen LogP contribution >= 0.6 is 0 Å². The Bertz CT molecular complexity index is 446. The molecule has 4 heteroatoms. The molecule has 0 amide bonds. The molecule has 1 saturated carbocycles. The monoisotopic (exact) mass is 272 g/mol. The van der Waals surface area contributed by atoms with Gasteiger partial charge in [-0.1, -0.05) is 19.3 Å². The van der Waals surface area contributed by atoms with Gasteiger partial charge in [-0.25, -0.2) is 4.98 Å². The van der Waals surface area contributed by atoms with Crippen molar-refractivity contribution in [1.29, 1.82) is 5.26 Å². The molecule has 0 unspecified atom stereocenters. The molecule has 0 saturated heterocycles. The van der Waals surface area contributed by atoms with Gasteiger partial charge in [0.1, 0.15) is 6.07 Å². The normalized spacial score (nSPS) is 16.1. The van der Waals surface area contributed by atoms with Gasteiger partial charge in [-0.15, -0.1) is 0 Å². The first-order valence-electron chi connectivity index (χ1n) is 7.60. The number of nitrogens with zero attached hydrogens (tertiary/aromatic N) is 3. The van der Waals surface area contributed by atoms with Crippen molar-refractivity contribution in [1.82, 2.24) is 9.88 Å². The molecule has 1 aromatic rings. The van der Waals surface area contributed by atoms with E-state index in [0.717, 1.165) is 31.2 Å². The Morgan fingerprint density at radius 3 is 2.95 bits per heavy atom. The first kappa shape index (κ1) is 14.8. The van der Waals surface area contributed by atoms with Crippen LogP contribution in [-0.4, -0.2) is 36.1 Å². The summed E-state index contributed by atoms with van der Waals surface area (Å²) < 4.78 is 0. The molecule has 0 bridgehead atoms. The minimum atomic E-state index is 0.480. The predicted octanol–water partition coefficient (Wildman–Crippen LogP) is 3.02. The van der Waals surface area contributed by atoms with Gasteiger partial charge >= 0.3 is 0 Å². The van der Waals surface area contributed by atoms with Crippen LogP contribution in [0.4, 0.5) is 5.69 Å². The van der Waals surface area contributed by atoms with Crippen LogP contribution in [0.2, 0.25) is 0 Å². The molecule has 1 heterocycles. The van der Waals surface area contributed by atoms with Gasteiger partial charge in [-0.05, 0) is 45.0 Å². The Morgan fingerprint density at radius 1 is 1.40 bits per heavy atom. The van der Waals surface area contributed by atoms with Crippen molar-refractivity contribution >= 4 is 5.69 Å². The summed E-state index contributed by atoms with van der Waals surface area (Å²) in [5.74, 6) is 0. The second kappa shape index (κ2) is 7.86. The van der Waals surface area contributed by atoms with Gasteiger partial charge in [-0.2, -0.15) is 5.26 Å². The highest BCUT2D eigenvalue weighted by Gasteiger charge is 2.17. The van der Waals surface area contributed by atoms with Gasteiger partial charge in [0.2, 0.25) is 0 Å². The van der Waals surface area contributed by atoms with E-state index in [4.69, 9.17) is 5.26 Å².